The Bertz CT molecular complexity index is 1000. The van der Waals surface area contributed by atoms with Crippen molar-refractivity contribution in [1.29, 1.82) is 5.41 Å². The molecule has 1 N–H and O–H groups in total. The van der Waals surface area contributed by atoms with E-state index in [-0.39, 0.29) is 17.8 Å². The van der Waals surface area contributed by atoms with E-state index in [1.807, 2.05) is 31.2 Å². The van der Waals surface area contributed by atoms with Gasteiger partial charge < -0.3 is 19.6 Å². The standard InChI is InChI=1S/C24H30ClN3O4/c1-7-13-30-23(29)32-15-31-22(21-20(25)16(3)27-28(21)8-2)19(14-26)17-9-11-18(12-10-17)24(4,5)6/h7,9-12,14,26H,1,8,13,15H2,2-6H3/b22-19-,26-14?. The number of carbonyl (C=O) groups is 1. The minimum absolute atomic E-state index is 0.00664. The van der Waals surface area contributed by atoms with Crippen LogP contribution < -0.4 is 0 Å². The van der Waals surface area contributed by atoms with E-state index in [1.54, 1.807) is 11.6 Å². The number of halogens is 1. The summed E-state index contributed by atoms with van der Waals surface area (Å²) in [6.07, 6.45) is 1.74. The predicted octanol–water partition coefficient (Wildman–Crippen LogP) is 5.99. The van der Waals surface area contributed by atoms with Gasteiger partial charge >= 0.3 is 6.16 Å². The summed E-state index contributed by atoms with van der Waals surface area (Å²) in [5, 5.41) is 12.9. The molecule has 2 rings (SSSR count). The summed E-state index contributed by atoms with van der Waals surface area (Å²) in [5.41, 5.74) is 3.53. The van der Waals surface area contributed by atoms with Crippen molar-refractivity contribution in [3.63, 3.8) is 0 Å². The summed E-state index contributed by atoms with van der Waals surface area (Å²) in [6, 6.07) is 7.89. The predicted molar refractivity (Wildman–Crippen MR) is 127 cm³/mol. The SMILES string of the molecule is C=CCOC(=O)OCO/C(=C(/C=N)c1ccc(C(C)(C)C)cc1)c1c(Cl)c(C)nn1CC. The first kappa shape index (κ1) is 25.2. The monoisotopic (exact) mass is 459 g/mol. The van der Waals surface area contributed by atoms with E-state index in [2.05, 4.69) is 32.4 Å². The van der Waals surface area contributed by atoms with Gasteiger partial charge in [-0.2, -0.15) is 5.10 Å². The van der Waals surface area contributed by atoms with Crippen LogP contribution in [0.25, 0.3) is 11.3 Å². The van der Waals surface area contributed by atoms with Crippen molar-refractivity contribution in [2.45, 2.75) is 46.6 Å². The number of rotatable bonds is 9. The van der Waals surface area contributed by atoms with Crippen LogP contribution in [0.2, 0.25) is 5.02 Å². The average molecular weight is 460 g/mol. The first-order valence-corrected chi connectivity index (χ1v) is 10.6. The lowest BCUT2D eigenvalue weighted by atomic mass is 9.86. The van der Waals surface area contributed by atoms with Gasteiger partial charge in [0.25, 0.3) is 0 Å². The highest BCUT2D eigenvalue weighted by molar-refractivity contribution is 6.33. The molecule has 0 saturated heterocycles. The van der Waals surface area contributed by atoms with Gasteiger partial charge in [0.15, 0.2) is 5.76 Å². The molecule has 0 radical (unpaired) electrons. The van der Waals surface area contributed by atoms with E-state index in [0.29, 0.717) is 28.5 Å². The molecule has 7 nitrogen and oxygen atoms in total. The van der Waals surface area contributed by atoms with Crippen LogP contribution in [0.5, 0.6) is 0 Å². The number of nitrogens with zero attached hydrogens (tertiary/aromatic N) is 2. The van der Waals surface area contributed by atoms with E-state index in [1.165, 1.54) is 12.3 Å². The normalized spacial score (nSPS) is 12.1. The molecule has 0 unspecified atom stereocenters. The summed E-state index contributed by atoms with van der Waals surface area (Å²) < 4.78 is 17.3. The molecule has 2 aromatic rings. The summed E-state index contributed by atoms with van der Waals surface area (Å²) >= 11 is 6.55. The maximum absolute atomic E-state index is 11.7. The Balaban J connectivity index is 2.52. The van der Waals surface area contributed by atoms with Crippen LogP contribution in [0.15, 0.2) is 36.9 Å². The fourth-order valence-electron chi connectivity index (χ4n) is 3.01. The molecule has 0 aliphatic rings. The lowest BCUT2D eigenvalue weighted by Gasteiger charge is -2.20. The van der Waals surface area contributed by atoms with Gasteiger partial charge in [-0.25, -0.2) is 4.79 Å². The third-order valence-corrected chi connectivity index (χ3v) is 5.17. The number of ether oxygens (including phenoxy) is 3. The van der Waals surface area contributed by atoms with Crippen LogP contribution in [-0.2, 0) is 26.2 Å². The van der Waals surface area contributed by atoms with Crippen LogP contribution >= 0.6 is 11.6 Å². The Morgan fingerprint density at radius 3 is 2.41 bits per heavy atom. The number of allylic oxidation sites excluding steroid dienone is 1. The molecule has 0 saturated carbocycles. The second kappa shape index (κ2) is 11.0. The lowest BCUT2D eigenvalue weighted by molar-refractivity contribution is -0.00149. The van der Waals surface area contributed by atoms with E-state index < -0.39 is 12.9 Å². The molecule has 0 fully saturated rings. The van der Waals surface area contributed by atoms with E-state index >= 15 is 0 Å². The molecule has 1 aromatic heterocycles. The zero-order valence-corrected chi connectivity index (χ0v) is 20.0. The van der Waals surface area contributed by atoms with Gasteiger partial charge in [0.1, 0.15) is 12.3 Å². The van der Waals surface area contributed by atoms with E-state index in [4.69, 9.17) is 31.2 Å². The Labute approximate surface area is 194 Å². The lowest BCUT2D eigenvalue weighted by Crippen LogP contribution is -2.13. The minimum atomic E-state index is -0.888. The van der Waals surface area contributed by atoms with Crippen LogP contribution in [0, 0.1) is 12.3 Å². The minimum Gasteiger partial charge on any atom is -0.454 e. The third-order valence-electron chi connectivity index (χ3n) is 4.72. The van der Waals surface area contributed by atoms with Gasteiger partial charge in [-0.15, -0.1) is 0 Å². The number of carbonyl (C=O) groups excluding carboxylic acids is 1. The Morgan fingerprint density at radius 1 is 1.22 bits per heavy atom. The molecule has 1 heterocycles. The number of hydrogen-bond donors (Lipinski definition) is 1. The fraction of sp³-hybridized carbons (Fsp3) is 0.375. The molecular weight excluding hydrogens is 430 g/mol. The highest BCUT2D eigenvalue weighted by Crippen LogP contribution is 2.34. The van der Waals surface area contributed by atoms with Gasteiger partial charge in [-0.3, -0.25) is 4.68 Å². The van der Waals surface area contributed by atoms with E-state index in [0.717, 1.165) is 11.1 Å². The zero-order chi connectivity index (χ0) is 23.9. The summed E-state index contributed by atoms with van der Waals surface area (Å²) in [5.74, 6) is 0.285. The molecule has 8 heteroatoms. The van der Waals surface area contributed by atoms with Gasteiger partial charge in [-0.1, -0.05) is 69.3 Å². The zero-order valence-electron chi connectivity index (χ0n) is 19.2. The first-order valence-electron chi connectivity index (χ1n) is 10.3. The second-order valence-electron chi connectivity index (χ2n) is 8.03. The largest absolute Gasteiger partial charge is 0.511 e. The summed E-state index contributed by atoms with van der Waals surface area (Å²) in [4.78, 5) is 11.7. The molecule has 0 aliphatic carbocycles. The number of benzene rings is 1. The molecule has 0 amide bonds. The molecule has 1 aromatic carbocycles. The molecule has 0 atom stereocenters. The van der Waals surface area contributed by atoms with Crippen molar-refractivity contribution in [3.05, 3.63) is 64.5 Å². The van der Waals surface area contributed by atoms with Crippen molar-refractivity contribution in [1.82, 2.24) is 9.78 Å². The quantitative estimate of drug-likeness (QED) is 0.163. The summed E-state index contributed by atoms with van der Waals surface area (Å²) in [6.45, 7) is 13.7. The van der Waals surface area contributed by atoms with Crippen molar-refractivity contribution >= 4 is 35.3 Å². The van der Waals surface area contributed by atoms with Crippen molar-refractivity contribution in [3.8, 4) is 0 Å². The Morgan fingerprint density at radius 2 is 1.88 bits per heavy atom. The van der Waals surface area contributed by atoms with Gasteiger partial charge in [0.2, 0.25) is 6.79 Å². The maximum Gasteiger partial charge on any atom is 0.511 e. The smallest absolute Gasteiger partial charge is 0.454 e. The Hall–Kier alpha value is -3.06. The van der Waals surface area contributed by atoms with Crippen LogP contribution in [-0.4, -0.2) is 35.6 Å². The van der Waals surface area contributed by atoms with Crippen LogP contribution in [0.1, 0.15) is 50.2 Å². The first-order chi connectivity index (χ1) is 15.1. The number of hydrogen-bond acceptors (Lipinski definition) is 6. The molecular formula is C24H30ClN3O4. The fourth-order valence-corrected chi connectivity index (χ4v) is 3.24. The van der Waals surface area contributed by atoms with E-state index in [9.17, 15) is 4.79 Å². The number of nitrogens with one attached hydrogen (secondary N) is 1. The highest BCUT2D eigenvalue weighted by Gasteiger charge is 2.23. The second-order valence-corrected chi connectivity index (χ2v) is 8.41. The highest BCUT2D eigenvalue weighted by atomic mass is 35.5. The van der Waals surface area contributed by atoms with Crippen molar-refractivity contribution in [2.24, 2.45) is 0 Å². The molecule has 0 bridgehead atoms. The van der Waals surface area contributed by atoms with Crippen molar-refractivity contribution in [2.75, 3.05) is 13.4 Å². The van der Waals surface area contributed by atoms with Crippen LogP contribution in [0.3, 0.4) is 0 Å². The Kier molecular flexibility index (Phi) is 8.66. The van der Waals surface area contributed by atoms with Crippen molar-refractivity contribution < 1.29 is 19.0 Å². The number of aryl methyl sites for hydroxylation is 2. The molecule has 172 valence electrons. The van der Waals surface area contributed by atoms with Gasteiger partial charge in [0.05, 0.1) is 10.7 Å². The number of aromatic nitrogens is 2. The molecule has 32 heavy (non-hydrogen) atoms. The maximum atomic E-state index is 11.7. The van der Waals surface area contributed by atoms with Gasteiger partial charge in [-0.05, 0) is 30.4 Å². The molecule has 0 spiro atoms. The average Bonchev–Trinajstić information content (AvgIpc) is 3.04. The topological polar surface area (TPSA) is 86.4 Å². The molecule has 0 aliphatic heterocycles. The van der Waals surface area contributed by atoms with Crippen LogP contribution in [0.4, 0.5) is 4.79 Å². The summed E-state index contributed by atoms with van der Waals surface area (Å²) in [7, 11) is 0. The van der Waals surface area contributed by atoms with Gasteiger partial charge in [0, 0.05) is 18.3 Å². The third kappa shape index (κ3) is 6.01.